The summed E-state index contributed by atoms with van der Waals surface area (Å²) >= 11 is 1.92. The Morgan fingerprint density at radius 2 is 0.477 bits per heavy atom. The van der Waals surface area contributed by atoms with Crippen molar-refractivity contribution in [1.82, 2.24) is 0 Å². The zero-order chi connectivity index (χ0) is 47.5. The summed E-state index contributed by atoms with van der Waals surface area (Å²) in [6.45, 7) is 8.98. The van der Waals surface area contributed by atoms with Gasteiger partial charge < -0.3 is 0 Å². The summed E-state index contributed by atoms with van der Waals surface area (Å²) in [6.07, 6.45) is 0. The van der Waals surface area contributed by atoms with Gasteiger partial charge in [-0.3, -0.25) is 0 Å². The Balaban J connectivity index is 0.000000392. The number of hydrogen-bond donors (Lipinski definition) is 0. The molecule has 0 fully saturated rings. The first-order valence-electron chi connectivity index (χ1n) is 19.8. The normalized spacial score (nSPS) is 14.0. The van der Waals surface area contributed by atoms with Crippen LogP contribution in [0.3, 0.4) is 0 Å². The van der Waals surface area contributed by atoms with Crippen molar-refractivity contribution in [2.75, 3.05) is 0 Å². The minimum absolute atomic E-state index is 1.27. The second-order valence-corrected chi connectivity index (χ2v) is 20.7. The number of aryl methyl sites for hydroxylation is 4. The molecule has 0 saturated heterocycles. The molecule has 15 heteroatoms. The van der Waals surface area contributed by atoms with Gasteiger partial charge in [0, 0.05) is 80.9 Å². The van der Waals surface area contributed by atoms with Gasteiger partial charge in [-0.1, -0.05) is 72.8 Å². The van der Waals surface area contributed by atoms with Gasteiger partial charge in [0.25, 0.3) is 0 Å². The van der Waals surface area contributed by atoms with Crippen LogP contribution in [0.25, 0.3) is 44.5 Å². The summed E-state index contributed by atoms with van der Waals surface area (Å²) in [5.41, 5.74) is 20.7. The Hall–Kier alpha value is -5.74. The maximum absolute atomic E-state index is 10.7. The van der Waals surface area contributed by atoms with E-state index in [-0.39, 0.29) is 0 Å². The van der Waals surface area contributed by atoms with E-state index in [9.17, 15) is 50.4 Å². The molecule has 0 saturated carbocycles. The van der Waals surface area contributed by atoms with Crippen molar-refractivity contribution >= 4 is 27.0 Å². The minimum atomic E-state index is -10.7. The summed E-state index contributed by atoms with van der Waals surface area (Å²) in [7, 11) is -21.3. The molecular formula is C50H38F12P2S. The van der Waals surface area contributed by atoms with Crippen LogP contribution in [0.15, 0.2) is 158 Å². The first-order chi connectivity index (χ1) is 29.9. The third kappa shape index (κ3) is 12.1. The van der Waals surface area contributed by atoms with Gasteiger partial charge >= 0.3 is 66.0 Å². The third-order valence-electron chi connectivity index (χ3n) is 10.6. The summed E-state index contributed by atoms with van der Waals surface area (Å²) in [5, 5.41) is 0. The van der Waals surface area contributed by atoms with Crippen molar-refractivity contribution in [3.63, 3.8) is 0 Å². The summed E-state index contributed by atoms with van der Waals surface area (Å²) in [6, 6.07) is 58.4. The molecule has 1 aromatic heterocycles. The van der Waals surface area contributed by atoms with Gasteiger partial charge in [0.1, 0.15) is 0 Å². The van der Waals surface area contributed by atoms with Crippen LogP contribution in [0, 0.1) is 39.5 Å². The fraction of sp³-hybridized carbons (Fsp3) is 0.0800. The molecule has 8 aliphatic carbocycles. The van der Waals surface area contributed by atoms with E-state index in [0.29, 0.717) is 0 Å². The van der Waals surface area contributed by atoms with Gasteiger partial charge in [0.05, 0.1) is 43.8 Å². The molecule has 0 nitrogen and oxygen atoms in total. The van der Waals surface area contributed by atoms with Crippen molar-refractivity contribution in [3.05, 3.63) is 224 Å². The molecule has 0 bridgehead atoms. The van der Waals surface area contributed by atoms with E-state index in [1.807, 2.05) is 11.3 Å². The average molecular weight is 961 g/mol. The van der Waals surface area contributed by atoms with Crippen LogP contribution >= 0.6 is 27.0 Å². The molecule has 1 heterocycles. The SMILES string of the molecule is Cc1cc([C+](c2ccc([C+](c3cc(C)c4cccccc3-4)c3cc(C)c4cccccc3-4)s2)c2cc(C)c3cccccc2-3)c2cccccc1-2.F[P-](F)(F)(F)(F)F.F[P-](F)(F)(F)(F)F. The van der Waals surface area contributed by atoms with Crippen LogP contribution in [0.2, 0.25) is 0 Å². The zero-order valence-electron chi connectivity index (χ0n) is 34.8. The van der Waals surface area contributed by atoms with Crippen molar-refractivity contribution in [3.8, 4) is 44.5 Å². The molecule has 0 radical (unpaired) electrons. The number of fused-ring (bicyclic) bond motifs is 4. The van der Waals surface area contributed by atoms with Gasteiger partial charge in [-0.25, -0.2) is 0 Å². The molecule has 65 heavy (non-hydrogen) atoms. The maximum atomic E-state index is 9.87. The Labute approximate surface area is 372 Å². The van der Waals surface area contributed by atoms with Gasteiger partial charge in [0.15, 0.2) is 0 Å². The molecule has 0 amide bonds. The Morgan fingerprint density at radius 1 is 0.292 bits per heavy atom. The Morgan fingerprint density at radius 3 is 0.677 bits per heavy atom. The van der Waals surface area contributed by atoms with Crippen molar-refractivity contribution in [2.24, 2.45) is 0 Å². The quantitative estimate of drug-likeness (QED) is 0.0885. The van der Waals surface area contributed by atoms with Crippen LogP contribution < -0.4 is 0 Å². The fourth-order valence-electron chi connectivity index (χ4n) is 8.25. The molecule has 0 atom stereocenters. The van der Waals surface area contributed by atoms with Gasteiger partial charge in [-0.05, 0) is 98.5 Å². The second kappa shape index (κ2) is 15.4. The summed E-state index contributed by atoms with van der Waals surface area (Å²) in [4.78, 5) is 2.55. The number of hydrogen-bond acceptors (Lipinski definition) is 1. The van der Waals surface area contributed by atoms with Gasteiger partial charge in [-0.15, -0.1) is 11.3 Å². The first kappa shape index (κ1) is 47.2. The Bertz CT molecular complexity index is 2660. The zero-order valence-corrected chi connectivity index (χ0v) is 37.5. The molecule has 0 aliphatic heterocycles. The molecule has 0 unspecified atom stereocenters. The third-order valence-corrected chi connectivity index (χ3v) is 11.8. The monoisotopic (exact) mass is 960 g/mol. The van der Waals surface area contributed by atoms with Gasteiger partial charge in [0.2, 0.25) is 0 Å². The van der Waals surface area contributed by atoms with E-state index in [1.165, 1.54) is 111 Å². The Kier molecular flexibility index (Phi) is 11.2. The van der Waals surface area contributed by atoms with Crippen LogP contribution in [-0.4, -0.2) is 0 Å². The number of rotatable bonds is 6. The molecule has 9 rings (SSSR count). The molecule has 0 N–H and O–H groups in total. The predicted molar refractivity (Wildman–Crippen MR) is 244 cm³/mol. The van der Waals surface area contributed by atoms with Crippen LogP contribution in [-0.2, 0) is 0 Å². The van der Waals surface area contributed by atoms with Crippen LogP contribution in [0.4, 0.5) is 50.4 Å². The predicted octanol–water partition coefficient (Wildman–Crippen LogP) is 20.2. The van der Waals surface area contributed by atoms with Crippen LogP contribution in [0.5, 0.6) is 0 Å². The average Bonchev–Trinajstić information content (AvgIpc) is 3.71. The molecule has 0 spiro atoms. The van der Waals surface area contributed by atoms with E-state index in [0.717, 1.165) is 0 Å². The van der Waals surface area contributed by atoms with Crippen molar-refractivity contribution in [1.29, 1.82) is 0 Å². The molecule has 1 aromatic rings. The summed E-state index contributed by atoms with van der Waals surface area (Å²) in [5.74, 6) is 2.59. The van der Waals surface area contributed by atoms with Crippen molar-refractivity contribution < 1.29 is 50.4 Å². The molecular weight excluding hydrogens is 923 g/mol. The van der Waals surface area contributed by atoms with Crippen molar-refractivity contribution in [2.45, 2.75) is 27.7 Å². The summed E-state index contributed by atoms with van der Waals surface area (Å²) < 4.78 is 118. The van der Waals surface area contributed by atoms with E-state index >= 15 is 0 Å². The molecule has 0 aromatic carbocycles. The van der Waals surface area contributed by atoms with Crippen LogP contribution in [0.1, 0.15) is 54.3 Å². The second-order valence-electron chi connectivity index (χ2n) is 15.7. The van der Waals surface area contributed by atoms with E-state index in [1.54, 1.807) is 0 Å². The fourth-order valence-corrected chi connectivity index (χ4v) is 9.40. The standard InChI is InChI=1S/C50H38S.2F6P/c1-31-27-43(39-21-13-5-9-17-35(31)39)49(44-28-32(2)36-18-10-6-14-22-40(36)44)47-25-26-48(51-47)50(45-29-33(3)37-19-11-7-15-23-41(37)45)46-30-34(4)38-20-12-8-16-24-42(38)46;2*1-7(2,3,4,5)6/h5-30H,1-4H3;;/q+2;2*-1. The molecule has 8 aliphatic rings. The number of halogens is 12. The molecule has 338 valence electrons. The van der Waals surface area contributed by atoms with E-state index < -0.39 is 15.6 Å². The first-order valence-corrected chi connectivity index (χ1v) is 24.7. The van der Waals surface area contributed by atoms with Gasteiger partial charge in [-0.2, -0.15) is 0 Å². The van der Waals surface area contributed by atoms with E-state index in [2.05, 4.69) is 185 Å². The number of thiophene rings is 1. The topological polar surface area (TPSA) is 0 Å². The van der Waals surface area contributed by atoms with E-state index in [4.69, 9.17) is 0 Å².